The molecule has 0 saturated heterocycles. The molecule has 0 saturated carbocycles. The number of halogens is 2. The van der Waals surface area contributed by atoms with Crippen molar-refractivity contribution < 1.29 is 33.0 Å². The first kappa shape index (κ1) is 21.3. The Morgan fingerprint density at radius 2 is 1.85 bits per heavy atom. The Balaban J connectivity index is 2.64. The number of hydrogen-bond donors (Lipinski definition) is 2. The number of nitrogens with one attached hydrogen (secondary N) is 1. The number of carboxylic acids is 1. The quantitative estimate of drug-likeness (QED) is 0.651. The van der Waals surface area contributed by atoms with Crippen molar-refractivity contribution in [1.29, 1.82) is 0 Å². The first-order chi connectivity index (χ1) is 12.2. The number of amides is 2. The Kier molecular flexibility index (Phi) is 8.47. The molecule has 0 aromatic heterocycles. The highest BCUT2D eigenvalue weighted by Gasteiger charge is 2.24. The topological polar surface area (TPSA) is 95.9 Å². The fraction of sp³-hybridized carbons (Fsp3) is 0.471. The van der Waals surface area contributed by atoms with E-state index in [2.05, 4.69) is 10.1 Å². The molecule has 0 aliphatic rings. The molecule has 0 fully saturated rings. The molecule has 26 heavy (non-hydrogen) atoms. The van der Waals surface area contributed by atoms with Crippen LogP contribution in [0.1, 0.15) is 25.8 Å². The van der Waals surface area contributed by atoms with Gasteiger partial charge in [-0.25, -0.2) is 4.79 Å². The standard InChI is InChI=1S/C17H22F2N2O5/c1-11(16(24)25)21(10-9-20-12(2)22)15(23)8-5-13-3-6-14(7-4-13)26-17(18)19/h3-4,6-7,11,17H,5,8-10H2,1-2H3,(H,20,22)(H,24,25). The number of carbonyl (C=O) groups excluding carboxylic acids is 2. The number of aliphatic carboxylic acids is 1. The zero-order valence-corrected chi connectivity index (χ0v) is 14.6. The van der Waals surface area contributed by atoms with Gasteiger partial charge in [0.15, 0.2) is 0 Å². The van der Waals surface area contributed by atoms with E-state index in [-0.39, 0.29) is 37.1 Å². The summed E-state index contributed by atoms with van der Waals surface area (Å²) in [5.74, 6) is -1.77. The third-order valence-corrected chi connectivity index (χ3v) is 3.65. The largest absolute Gasteiger partial charge is 0.480 e. The molecule has 0 radical (unpaired) electrons. The zero-order valence-electron chi connectivity index (χ0n) is 14.6. The van der Waals surface area contributed by atoms with Crippen molar-refractivity contribution >= 4 is 17.8 Å². The van der Waals surface area contributed by atoms with Crippen LogP contribution in [0.3, 0.4) is 0 Å². The summed E-state index contributed by atoms with van der Waals surface area (Å²) in [4.78, 5) is 35.7. The molecule has 7 nitrogen and oxygen atoms in total. The SMILES string of the molecule is CC(=O)NCCN(C(=O)CCc1ccc(OC(F)F)cc1)C(C)C(=O)O. The van der Waals surface area contributed by atoms with Gasteiger partial charge in [-0.3, -0.25) is 9.59 Å². The van der Waals surface area contributed by atoms with E-state index in [1.807, 2.05) is 0 Å². The van der Waals surface area contributed by atoms with Gasteiger partial charge in [0, 0.05) is 26.4 Å². The van der Waals surface area contributed by atoms with Gasteiger partial charge in [-0.05, 0) is 31.0 Å². The molecule has 1 aromatic carbocycles. The van der Waals surface area contributed by atoms with Crippen LogP contribution in [0.15, 0.2) is 24.3 Å². The fourth-order valence-corrected chi connectivity index (χ4v) is 2.25. The average molecular weight is 372 g/mol. The molecule has 9 heteroatoms. The molecule has 1 atom stereocenters. The summed E-state index contributed by atoms with van der Waals surface area (Å²) in [5.41, 5.74) is 0.727. The number of hydrogen-bond acceptors (Lipinski definition) is 4. The molecule has 0 bridgehead atoms. The lowest BCUT2D eigenvalue weighted by Crippen LogP contribution is -2.46. The van der Waals surface area contributed by atoms with Crippen LogP contribution in [-0.2, 0) is 20.8 Å². The van der Waals surface area contributed by atoms with Gasteiger partial charge in [-0.1, -0.05) is 12.1 Å². The Hall–Kier alpha value is -2.71. The van der Waals surface area contributed by atoms with Crippen LogP contribution in [0, 0.1) is 0 Å². The summed E-state index contributed by atoms with van der Waals surface area (Å²) in [6.45, 7) is 0.0430. The van der Waals surface area contributed by atoms with Crippen molar-refractivity contribution in [3.8, 4) is 5.75 Å². The van der Waals surface area contributed by atoms with E-state index in [9.17, 15) is 23.2 Å². The van der Waals surface area contributed by atoms with E-state index >= 15 is 0 Å². The number of alkyl halides is 2. The van der Waals surface area contributed by atoms with Crippen LogP contribution in [0.4, 0.5) is 8.78 Å². The van der Waals surface area contributed by atoms with Crippen molar-refractivity contribution in [2.45, 2.75) is 39.3 Å². The van der Waals surface area contributed by atoms with Gasteiger partial charge in [0.25, 0.3) is 0 Å². The van der Waals surface area contributed by atoms with Crippen LogP contribution in [-0.4, -0.2) is 53.5 Å². The van der Waals surface area contributed by atoms with E-state index in [1.54, 1.807) is 12.1 Å². The van der Waals surface area contributed by atoms with Gasteiger partial charge < -0.3 is 20.1 Å². The number of nitrogens with zero attached hydrogens (tertiary/aromatic N) is 1. The molecular weight excluding hydrogens is 350 g/mol. The smallest absolute Gasteiger partial charge is 0.387 e. The Bertz CT molecular complexity index is 622. The van der Waals surface area contributed by atoms with Gasteiger partial charge in [0.05, 0.1) is 0 Å². The first-order valence-corrected chi connectivity index (χ1v) is 8.01. The molecule has 1 aromatic rings. The molecule has 0 spiro atoms. The number of ether oxygens (including phenoxy) is 1. The van der Waals surface area contributed by atoms with Crippen molar-refractivity contribution in [1.82, 2.24) is 10.2 Å². The normalized spacial score (nSPS) is 11.7. The minimum Gasteiger partial charge on any atom is -0.480 e. The Morgan fingerprint density at radius 1 is 1.23 bits per heavy atom. The van der Waals surface area contributed by atoms with Crippen LogP contribution in [0.25, 0.3) is 0 Å². The second-order valence-electron chi connectivity index (χ2n) is 5.61. The summed E-state index contributed by atoms with van der Waals surface area (Å²) >= 11 is 0. The third-order valence-electron chi connectivity index (χ3n) is 3.65. The predicted molar refractivity (Wildman–Crippen MR) is 88.9 cm³/mol. The van der Waals surface area contributed by atoms with Crippen LogP contribution in [0.2, 0.25) is 0 Å². The second kappa shape index (κ2) is 10.3. The molecular formula is C17H22F2N2O5. The summed E-state index contributed by atoms with van der Waals surface area (Å²) in [6, 6.07) is 4.85. The molecule has 144 valence electrons. The summed E-state index contributed by atoms with van der Waals surface area (Å²) in [7, 11) is 0. The molecule has 1 rings (SSSR count). The maximum absolute atomic E-state index is 12.4. The molecule has 2 N–H and O–H groups in total. The van der Waals surface area contributed by atoms with Gasteiger partial charge in [-0.15, -0.1) is 0 Å². The number of carbonyl (C=O) groups is 3. The highest BCUT2D eigenvalue weighted by Crippen LogP contribution is 2.16. The van der Waals surface area contributed by atoms with Crippen molar-refractivity contribution in [3.05, 3.63) is 29.8 Å². The van der Waals surface area contributed by atoms with E-state index in [1.165, 1.54) is 30.9 Å². The second-order valence-corrected chi connectivity index (χ2v) is 5.61. The number of rotatable bonds is 10. The number of carboxylic acid groups (broad SMARTS) is 1. The summed E-state index contributed by atoms with van der Waals surface area (Å²) in [5, 5.41) is 11.7. The minimum absolute atomic E-state index is 0.0199. The van der Waals surface area contributed by atoms with Crippen molar-refractivity contribution in [2.75, 3.05) is 13.1 Å². The lowest BCUT2D eigenvalue weighted by molar-refractivity contribution is -0.149. The van der Waals surface area contributed by atoms with Gasteiger partial charge in [0.1, 0.15) is 11.8 Å². The fourth-order valence-electron chi connectivity index (χ4n) is 2.25. The summed E-state index contributed by atoms with van der Waals surface area (Å²) in [6.07, 6.45) is 0.365. The number of aryl methyl sites for hydroxylation is 1. The molecule has 2 amide bonds. The monoisotopic (exact) mass is 372 g/mol. The van der Waals surface area contributed by atoms with E-state index in [4.69, 9.17) is 5.11 Å². The maximum atomic E-state index is 12.4. The van der Waals surface area contributed by atoms with Crippen LogP contribution >= 0.6 is 0 Å². The molecule has 0 heterocycles. The van der Waals surface area contributed by atoms with Gasteiger partial charge in [-0.2, -0.15) is 8.78 Å². The predicted octanol–water partition coefficient (Wildman–Crippen LogP) is 1.66. The lowest BCUT2D eigenvalue weighted by Gasteiger charge is -2.26. The van der Waals surface area contributed by atoms with Crippen molar-refractivity contribution in [3.63, 3.8) is 0 Å². The molecule has 1 unspecified atom stereocenters. The van der Waals surface area contributed by atoms with Gasteiger partial charge >= 0.3 is 12.6 Å². The van der Waals surface area contributed by atoms with E-state index in [0.29, 0.717) is 6.42 Å². The lowest BCUT2D eigenvalue weighted by atomic mass is 10.1. The highest BCUT2D eigenvalue weighted by atomic mass is 19.3. The Morgan fingerprint density at radius 3 is 2.35 bits per heavy atom. The Labute approximate surface area is 149 Å². The zero-order chi connectivity index (χ0) is 19.7. The molecule has 0 aliphatic heterocycles. The van der Waals surface area contributed by atoms with Gasteiger partial charge in [0.2, 0.25) is 11.8 Å². The van der Waals surface area contributed by atoms with E-state index in [0.717, 1.165) is 5.56 Å². The first-order valence-electron chi connectivity index (χ1n) is 8.01. The van der Waals surface area contributed by atoms with Crippen molar-refractivity contribution in [2.24, 2.45) is 0 Å². The van der Waals surface area contributed by atoms with Crippen LogP contribution < -0.4 is 10.1 Å². The number of benzene rings is 1. The average Bonchev–Trinajstić information content (AvgIpc) is 2.56. The summed E-state index contributed by atoms with van der Waals surface area (Å²) < 4.78 is 28.5. The van der Waals surface area contributed by atoms with E-state index < -0.39 is 18.6 Å². The highest BCUT2D eigenvalue weighted by molar-refractivity contribution is 5.83. The molecule has 0 aliphatic carbocycles. The van der Waals surface area contributed by atoms with Crippen LogP contribution in [0.5, 0.6) is 5.75 Å². The maximum Gasteiger partial charge on any atom is 0.387 e. The third kappa shape index (κ3) is 7.45. The minimum atomic E-state index is -2.91.